The van der Waals surface area contributed by atoms with Gasteiger partial charge in [-0.3, -0.25) is 9.59 Å². The molecule has 1 saturated heterocycles. The summed E-state index contributed by atoms with van der Waals surface area (Å²) in [4.78, 5) is 25.8. The Morgan fingerprint density at radius 2 is 1.72 bits per heavy atom. The fraction of sp³-hybridized carbons (Fsp3) is 0.391. The minimum absolute atomic E-state index is 0.0508. The van der Waals surface area contributed by atoms with E-state index in [1.807, 2.05) is 35.2 Å². The number of hydrogen-bond donors (Lipinski definition) is 0. The number of amides is 1. The molecule has 0 radical (unpaired) electrons. The first-order chi connectivity index (χ1) is 14.1. The predicted molar refractivity (Wildman–Crippen MR) is 110 cm³/mol. The monoisotopic (exact) mass is 397 g/mol. The molecule has 1 aliphatic rings. The van der Waals surface area contributed by atoms with Gasteiger partial charge in [0, 0.05) is 18.7 Å². The number of para-hydroxylation sites is 1. The minimum atomic E-state index is -0.0546. The SMILES string of the molecule is COc1cc(C(C)=O)ccc1OCC(=O)N1CCC(COc2ccccc2)CC1. The molecule has 29 heavy (non-hydrogen) atoms. The average Bonchev–Trinajstić information content (AvgIpc) is 2.76. The van der Waals surface area contributed by atoms with Crippen LogP contribution in [-0.4, -0.2) is 50.0 Å². The van der Waals surface area contributed by atoms with Gasteiger partial charge in [0.25, 0.3) is 5.91 Å². The van der Waals surface area contributed by atoms with Crippen molar-refractivity contribution >= 4 is 11.7 Å². The summed E-state index contributed by atoms with van der Waals surface area (Å²) in [6, 6.07) is 14.7. The minimum Gasteiger partial charge on any atom is -0.493 e. The average molecular weight is 397 g/mol. The molecule has 0 unspecified atom stereocenters. The van der Waals surface area contributed by atoms with Crippen molar-refractivity contribution in [1.82, 2.24) is 4.90 Å². The molecule has 1 amide bonds. The molecular formula is C23H27NO5. The molecule has 2 aromatic rings. The molecule has 3 rings (SSSR count). The fourth-order valence-corrected chi connectivity index (χ4v) is 3.32. The van der Waals surface area contributed by atoms with Gasteiger partial charge in [0.2, 0.25) is 0 Å². The van der Waals surface area contributed by atoms with Crippen LogP contribution in [0.2, 0.25) is 0 Å². The molecule has 0 saturated carbocycles. The maximum atomic E-state index is 12.5. The van der Waals surface area contributed by atoms with Gasteiger partial charge in [0.05, 0.1) is 13.7 Å². The van der Waals surface area contributed by atoms with E-state index < -0.39 is 0 Å². The highest BCUT2D eigenvalue weighted by molar-refractivity contribution is 5.94. The van der Waals surface area contributed by atoms with Crippen molar-refractivity contribution in [3.63, 3.8) is 0 Å². The Morgan fingerprint density at radius 3 is 2.38 bits per heavy atom. The summed E-state index contributed by atoms with van der Waals surface area (Å²) >= 11 is 0. The number of ketones is 1. The first kappa shape index (κ1) is 20.7. The number of rotatable bonds is 8. The lowest BCUT2D eigenvalue weighted by Gasteiger charge is -2.31. The number of methoxy groups -OCH3 is 1. The van der Waals surface area contributed by atoms with Crippen LogP contribution in [0.15, 0.2) is 48.5 Å². The van der Waals surface area contributed by atoms with Gasteiger partial charge in [-0.05, 0) is 56.0 Å². The number of hydrogen-bond acceptors (Lipinski definition) is 5. The van der Waals surface area contributed by atoms with E-state index in [1.54, 1.807) is 18.2 Å². The lowest BCUT2D eigenvalue weighted by molar-refractivity contribution is -0.134. The van der Waals surface area contributed by atoms with E-state index >= 15 is 0 Å². The molecule has 0 aromatic heterocycles. The van der Waals surface area contributed by atoms with Crippen LogP contribution < -0.4 is 14.2 Å². The predicted octanol–water partition coefficient (Wildman–Crippen LogP) is 3.59. The standard InChI is InChI=1S/C23H27NO5/c1-17(25)19-8-9-21(22(14-19)27-2)29-16-23(26)24-12-10-18(11-13-24)15-28-20-6-4-3-5-7-20/h3-9,14,18H,10-13,15-16H2,1-2H3. The topological polar surface area (TPSA) is 65.1 Å². The summed E-state index contributed by atoms with van der Waals surface area (Å²) in [6.07, 6.45) is 1.82. The van der Waals surface area contributed by atoms with Crippen LogP contribution >= 0.6 is 0 Å². The van der Waals surface area contributed by atoms with E-state index in [-0.39, 0.29) is 18.3 Å². The first-order valence-corrected chi connectivity index (χ1v) is 9.84. The lowest BCUT2D eigenvalue weighted by atomic mass is 9.98. The zero-order valence-corrected chi connectivity index (χ0v) is 16.9. The van der Waals surface area contributed by atoms with Gasteiger partial charge < -0.3 is 19.1 Å². The fourth-order valence-electron chi connectivity index (χ4n) is 3.32. The highest BCUT2D eigenvalue weighted by Crippen LogP contribution is 2.28. The van der Waals surface area contributed by atoms with Crippen molar-refractivity contribution in [2.24, 2.45) is 5.92 Å². The van der Waals surface area contributed by atoms with E-state index in [0.29, 0.717) is 42.7 Å². The molecule has 0 atom stereocenters. The van der Waals surface area contributed by atoms with Crippen molar-refractivity contribution in [3.8, 4) is 17.2 Å². The van der Waals surface area contributed by atoms with Crippen molar-refractivity contribution < 1.29 is 23.8 Å². The highest BCUT2D eigenvalue weighted by Gasteiger charge is 2.24. The summed E-state index contributed by atoms with van der Waals surface area (Å²) in [6.45, 7) is 3.51. The number of benzene rings is 2. The summed E-state index contributed by atoms with van der Waals surface area (Å²) in [5.74, 6) is 2.12. The zero-order valence-electron chi connectivity index (χ0n) is 16.9. The van der Waals surface area contributed by atoms with Crippen LogP contribution in [0.5, 0.6) is 17.2 Å². The van der Waals surface area contributed by atoms with E-state index in [4.69, 9.17) is 14.2 Å². The highest BCUT2D eigenvalue weighted by atomic mass is 16.5. The van der Waals surface area contributed by atoms with Gasteiger partial charge in [0.1, 0.15) is 5.75 Å². The molecule has 6 nitrogen and oxygen atoms in total. The second-order valence-corrected chi connectivity index (χ2v) is 7.16. The van der Waals surface area contributed by atoms with Crippen LogP contribution in [0.3, 0.4) is 0 Å². The molecule has 0 aliphatic carbocycles. The van der Waals surface area contributed by atoms with Crippen molar-refractivity contribution in [1.29, 1.82) is 0 Å². The molecule has 154 valence electrons. The van der Waals surface area contributed by atoms with Crippen molar-refractivity contribution in [3.05, 3.63) is 54.1 Å². The van der Waals surface area contributed by atoms with Gasteiger partial charge in [-0.15, -0.1) is 0 Å². The van der Waals surface area contributed by atoms with Crippen LogP contribution in [0.4, 0.5) is 0 Å². The largest absolute Gasteiger partial charge is 0.493 e. The molecular weight excluding hydrogens is 370 g/mol. The van der Waals surface area contributed by atoms with E-state index in [2.05, 4.69) is 0 Å². The van der Waals surface area contributed by atoms with Crippen LogP contribution in [0.1, 0.15) is 30.1 Å². The number of nitrogens with zero attached hydrogens (tertiary/aromatic N) is 1. The summed E-state index contributed by atoms with van der Waals surface area (Å²) in [5.41, 5.74) is 0.542. The van der Waals surface area contributed by atoms with Crippen LogP contribution in [0, 0.1) is 5.92 Å². The lowest BCUT2D eigenvalue weighted by Crippen LogP contribution is -2.42. The molecule has 0 spiro atoms. The molecule has 1 fully saturated rings. The Balaban J connectivity index is 1.44. The quantitative estimate of drug-likeness (QED) is 0.637. The van der Waals surface area contributed by atoms with Crippen molar-refractivity contribution in [2.75, 3.05) is 33.4 Å². The third-order valence-electron chi connectivity index (χ3n) is 5.12. The Labute approximate surface area is 171 Å². The second-order valence-electron chi connectivity index (χ2n) is 7.16. The maximum absolute atomic E-state index is 12.5. The molecule has 0 bridgehead atoms. The van der Waals surface area contributed by atoms with Crippen LogP contribution in [0.25, 0.3) is 0 Å². The molecule has 1 heterocycles. The van der Waals surface area contributed by atoms with Gasteiger partial charge in [0.15, 0.2) is 23.9 Å². The summed E-state index contributed by atoms with van der Waals surface area (Å²) in [5, 5.41) is 0. The summed E-state index contributed by atoms with van der Waals surface area (Å²) < 4.78 is 16.8. The Kier molecular flexibility index (Phi) is 7.11. The Bertz CT molecular complexity index is 828. The maximum Gasteiger partial charge on any atom is 0.260 e. The van der Waals surface area contributed by atoms with Gasteiger partial charge >= 0.3 is 0 Å². The number of carbonyl (C=O) groups excluding carboxylic acids is 2. The van der Waals surface area contributed by atoms with Gasteiger partial charge in [-0.25, -0.2) is 0 Å². The van der Waals surface area contributed by atoms with Crippen LogP contribution in [-0.2, 0) is 4.79 Å². The van der Waals surface area contributed by atoms with Gasteiger partial charge in [-0.2, -0.15) is 0 Å². The zero-order chi connectivity index (χ0) is 20.6. The number of piperidine rings is 1. The summed E-state index contributed by atoms with van der Waals surface area (Å²) in [7, 11) is 1.51. The number of likely N-dealkylation sites (tertiary alicyclic amines) is 1. The Morgan fingerprint density at radius 1 is 1.00 bits per heavy atom. The first-order valence-electron chi connectivity index (χ1n) is 9.84. The Hall–Kier alpha value is -3.02. The third-order valence-corrected chi connectivity index (χ3v) is 5.12. The number of carbonyl (C=O) groups is 2. The second kappa shape index (κ2) is 9.96. The van der Waals surface area contributed by atoms with Gasteiger partial charge in [-0.1, -0.05) is 18.2 Å². The van der Waals surface area contributed by atoms with E-state index in [1.165, 1.54) is 14.0 Å². The smallest absolute Gasteiger partial charge is 0.260 e. The number of ether oxygens (including phenoxy) is 3. The van der Waals surface area contributed by atoms with E-state index in [0.717, 1.165) is 18.6 Å². The number of Topliss-reactive ketones (excluding diaryl/α,β-unsaturated/α-hetero) is 1. The molecule has 1 aliphatic heterocycles. The third kappa shape index (κ3) is 5.73. The van der Waals surface area contributed by atoms with E-state index in [9.17, 15) is 9.59 Å². The molecule has 6 heteroatoms. The molecule has 0 N–H and O–H groups in total. The molecule has 2 aromatic carbocycles. The van der Waals surface area contributed by atoms with Crippen molar-refractivity contribution in [2.45, 2.75) is 19.8 Å². The normalized spacial score (nSPS) is 14.3.